The van der Waals surface area contributed by atoms with Crippen molar-refractivity contribution in [3.05, 3.63) is 35.9 Å². The summed E-state index contributed by atoms with van der Waals surface area (Å²) in [6, 6.07) is 7.21. The van der Waals surface area contributed by atoms with Crippen LogP contribution in [0.5, 0.6) is 0 Å². The van der Waals surface area contributed by atoms with E-state index in [1.165, 1.54) is 4.90 Å². The van der Waals surface area contributed by atoms with Crippen molar-refractivity contribution >= 4 is 35.4 Å². The van der Waals surface area contributed by atoms with Crippen molar-refractivity contribution in [3.63, 3.8) is 0 Å². The number of hydrogen-bond acceptors (Lipinski definition) is 8. The predicted octanol–water partition coefficient (Wildman–Crippen LogP) is 1.90. The number of hydrogen-bond donors (Lipinski definition) is 2. The van der Waals surface area contributed by atoms with Crippen LogP contribution >= 0.6 is 0 Å². The third-order valence-electron chi connectivity index (χ3n) is 6.72. The number of nitrogens with one attached hydrogen (secondary N) is 1. The second-order valence-electron chi connectivity index (χ2n) is 11.0. The lowest BCUT2D eigenvalue weighted by Gasteiger charge is -2.27. The van der Waals surface area contributed by atoms with Crippen LogP contribution in [0.3, 0.4) is 0 Å². The Hall–Kier alpha value is -3.80. The van der Waals surface area contributed by atoms with Crippen LogP contribution in [0.2, 0.25) is 0 Å². The number of carboxylic acids is 1. The van der Waals surface area contributed by atoms with Crippen molar-refractivity contribution in [3.8, 4) is 0 Å². The molecule has 2 saturated heterocycles. The molecule has 0 radical (unpaired) electrons. The molecular weight excluding hydrogens is 522 g/mol. The highest BCUT2D eigenvalue weighted by Crippen LogP contribution is 2.24. The minimum Gasteiger partial charge on any atom is -0.475 e. The maximum Gasteiger partial charge on any atom is 0.435 e. The standard InChI is InChI=1S/C28H37N3O9/c1-28(2,3)40-27(38)31-21(12-15-39-31)25(35)29-13-11-23(33)30-14-7-10-20(30)22(32)17-19(24(34)26(36)37)16-18-8-5-4-6-9-18/h4-6,8-9,19-21H,7,10-17H2,1-3H3,(H,29,35)(H,36,37)/t19-,20+,21?/m1/s1. The summed E-state index contributed by atoms with van der Waals surface area (Å²) in [7, 11) is 0. The quantitative estimate of drug-likeness (QED) is 0.386. The molecule has 1 unspecified atom stereocenters. The highest BCUT2D eigenvalue weighted by atomic mass is 16.7. The summed E-state index contributed by atoms with van der Waals surface area (Å²) in [5.41, 5.74) is -0.0225. The molecule has 1 aromatic carbocycles. The number of ketones is 2. The molecule has 0 aromatic heterocycles. The summed E-state index contributed by atoms with van der Waals surface area (Å²) in [6.07, 6.45) is 0.266. The van der Waals surface area contributed by atoms with Gasteiger partial charge in [-0.15, -0.1) is 0 Å². The normalized spacial score (nSPS) is 19.7. The third-order valence-corrected chi connectivity index (χ3v) is 6.72. The van der Waals surface area contributed by atoms with Crippen LogP contribution in [0.25, 0.3) is 0 Å². The number of carboxylic acid groups (broad SMARTS) is 1. The fourth-order valence-electron chi connectivity index (χ4n) is 4.86. The zero-order chi connectivity index (χ0) is 29.4. The van der Waals surface area contributed by atoms with Crippen LogP contribution < -0.4 is 5.32 Å². The Morgan fingerprint density at radius 1 is 1.07 bits per heavy atom. The van der Waals surface area contributed by atoms with Crippen molar-refractivity contribution < 1.29 is 43.4 Å². The van der Waals surface area contributed by atoms with Crippen molar-refractivity contribution in [2.45, 2.75) is 77.0 Å². The summed E-state index contributed by atoms with van der Waals surface area (Å²) in [5, 5.41) is 12.8. The zero-order valence-electron chi connectivity index (χ0n) is 23.1. The highest BCUT2D eigenvalue weighted by molar-refractivity contribution is 6.34. The highest BCUT2D eigenvalue weighted by Gasteiger charge is 2.39. The molecule has 2 fully saturated rings. The molecule has 218 valence electrons. The molecule has 3 atom stereocenters. The number of aliphatic carboxylic acids is 1. The summed E-state index contributed by atoms with van der Waals surface area (Å²) >= 11 is 0. The van der Waals surface area contributed by atoms with Gasteiger partial charge in [-0.25, -0.2) is 9.59 Å². The van der Waals surface area contributed by atoms with Gasteiger partial charge in [0.05, 0.1) is 12.6 Å². The van der Waals surface area contributed by atoms with E-state index in [2.05, 4.69) is 5.32 Å². The van der Waals surface area contributed by atoms with E-state index in [1.807, 2.05) is 0 Å². The van der Waals surface area contributed by atoms with E-state index in [1.54, 1.807) is 51.1 Å². The van der Waals surface area contributed by atoms with E-state index in [4.69, 9.17) is 9.57 Å². The number of ether oxygens (including phenoxy) is 1. The molecule has 3 rings (SSSR count). The van der Waals surface area contributed by atoms with Gasteiger partial charge in [-0.3, -0.25) is 24.0 Å². The van der Waals surface area contributed by atoms with Gasteiger partial charge in [0.25, 0.3) is 0 Å². The molecular formula is C28H37N3O9. The second-order valence-corrected chi connectivity index (χ2v) is 11.0. The minimum atomic E-state index is -1.60. The lowest BCUT2D eigenvalue weighted by atomic mass is 9.88. The molecule has 2 heterocycles. The first-order chi connectivity index (χ1) is 18.9. The van der Waals surface area contributed by atoms with Crippen LogP contribution in [0.15, 0.2) is 30.3 Å². The first-order valence-electron chi connectivity index (χ1n) is 13.4. The smallest absolute Gasteiger partial charge is 0.435 e. The SMILES string of the molecule is CC(C)(C)OC(=O)N1OCCC1C(=O)NCCC(=O)N1CCC[C@H]1C(=O)C[C@@H](Cc1ccccc1)C(=O)C(=O)O. The predicted molar refractivity (Wildman–Crippen MR) is 141 cm³/mol. The summed E-state index contributed by atoms with van der Waals surface area (Å²) in [4.78, 5) is 81.6. The van der Waals surface area contributed by atoms with Gasteiger partial charge in [-0.05, 0) is 45.6 Å². The molecule has 0 spiro atoms. The number of rotatable bonds is 11. The van der Waals surface area contributed by atoms with Crippen LogP contribution in [-0.2, 0) is 40.0 Å². The summed E-state index contributed by atoms with van der Waals surface area (Å²) < 4.78 is 5.27. The van der Waals surface area contributed by atoms with Gasteiger partial charge in [0.15, 0.2) is 5.78 Å². The Balaban J connectivity index is 1.54. The number of benzene rings is 1. The van der Waals surface area contributed by atoms with Gasteiger partial charge < -0.3 is 20.1 Å². The van der Waals surface area contributed by atoms with Crippen LogP contribution in [0.1, 0.15) is 58.4 Å². The molecule has 0 aliphatic carbocycles. The van der Waals surface area contributed by atoms with Crippen molar-refractivity contribution in [1.82, 2.24) is 15.3 Å². The molecule has 0 bridgehead atoms. The molecule has 12 heteroatoms. The molecule has 0 saturated carbocycles. The number of carbonyl (C=O) groups is 6. The lowest BCUT2D eigenvalue weighted by Crippen LogP contribution is -2.48. The average molecular weight is 560 g/mol. The molecule has 12 nitrogen and oxygen atoms in total. The van der Waals surface area contributed by atoms with Gasteiger partial charge in [0, 0.05) is 38.3 Å². The second kappa shape index (κ2) is 13.5. The van der Waals surface area contributed by atoms with Crippen LogP contribution in [0, 0.1) is 5.92 Å². The molecule has 1 aromatic rings. The van der Waals surface area contributed by atoms with Crippen molar-refractivity contribution in [2.75, 3.05) is 19.7 Å². The topological polar surface area (TPSA) is 160 Å². The Kier molecular flexibility index (Phi) is 10.4. The fourth-order valence-corrected chi connectivity index (χ4v) is 4.86. The lowest BCUT2D eigenvalue weighted by molar-refractivity contribution is -0.151. The summed E-state index contributed by atoms with van der Waals surface area (Å²) in [6.45, 7) is 5.61. The minimum absolute atomic E-state index is 0.0120. The Morgan fingerprint density at radius 3 is 2.42 bits per heavy atom. The average Bonchev–Trinajstić information content (AvgIpc) is 3.58. The largest absolute Gasteiger partial charge is 0.475 e. The van der Waals surface area contributed by atoms with E-state index < -0.39 is 47.4 Å². The van der Waals surface area contributed by atoms with Gasteiger partial charge >= 0.3 is 12.1 Å². The first-order valence-corrected chi connectivity index (χ1v) is 13.4. The molecule has 3 amide bonds. The number of nitrogens with zero attached hydrogens (tertiary/aromatic N) is 2. The fraction of sp³-hybridized carbons (Fsp3) is 0.571. The van der Waals surface area contributed by atoms with E-state index in [9.17, 15) is 33.9 Å². The summed E-state index contributed by atoms with van der Waals surface area (Å²) in [5.74, 6) is -4.85. The van der Waals surface area contributed by atoms with Crippen LogP contribution in [-0.4, -0.2) is 87.9 Å². The number of hydroxylamine groups is 2. The molecule has 2 aliphatic rings. The van der Waals surface area contributed by atoms with E-state index in [-0.39, 0.29) is 50.5 Å². The van der Waals surface area contributed by atoms with E-state index in [0.29, 0.717) is 19.4 Å². The maximum absolute atomic E-state index is 13.2. The van der Waals surface area contributed by atoms with Crippen molar-refractivity contribution in [1.29, 1.82) is 0 Å². The van der Waals surface area contributed by atoms with Gasteiger partial charge in [-0.2, -0.15) is 5.06 Å². The van der Waals surface area contributed by atoms with Gasteiger partial charge in [0.2, 0.25) is 17.6 Å². The third kappa shape index (κ3) is 8.35. The Labute approximate surface area is 232 Å². The molecule has 2 aliphatic heterocycles. The monoisotopic (exact) mass is 559 g/mol. The number of Topliss-reactive ketones (excluding diaryl/α,β-unsaturated/α-hetero) is 2. The maximum atomic E-state index is 13.2. The van der Waals surface area contributed by atoms with Gasteiger partial charge in [-0.1, -0.05) is 30.3 Å². The zero-order valence-corrected chi connectivity index (χ0v) is 23.1. The van der Waals surface area contributed by atoms with Crippen LogP contribution in [0.4, 0.5) is 4.79 Å². The Bertz CT molecular complexity index is 1120. The number of carbonyl (C=O) groups excluding carboxylic acids is 5. The number of amides is 3. The number of likely N-dealkylation sites (tertiary alicyclic amines) is 1. The Morgan fingerprint density at radius 2 is 1.77 bits per heavy atom. The van der Waals surface area contributed by atoms with Gasteiger partial charge in [0.1, 0.15) is 11.6 Å². The van der Waals surface area contributed by atoms with E-state index >= 15 is 0 Å². The molecule has 40 heavy (non-hydrogen) atoms. The van der Waals surface area contributed by atoms with E-state index in [0.717, 1.165) is 10.6 Å². The van der Waals surface area contributed by atoms with Crippen molar-refractivity contribution in [2.24, 2.45) is 5.92 Å². The molecule has 2 N–H and O–H groups in total. The first kappa shape index (κ1) is 30.7.